The standard InChI is InChI=1S/C17H16N2O4/c20-16-14-10-5-6-11(13-7-12(10)13)15(14)17(21)18(16)8-1-3-9(4-2-8)19(22)23/h1-4,10-15H,5-7H2. The van der Waals surface area contributed by atoms with E-state index in [2.05, 4.69) is 0 Å². The number of carbonyl (C=O) groups is 2. The van der Waals surface area contributed by atoms with E-state index in [-0.39, 0.29) is 29.3 Å². The minimum absolute atomic E-state index is 0.0356. The third kappa shape index (κ3) is 1.58. The van der Waals surface area contributed by atoms with Crippen LogP contribution in [0.25, 0.3) is 0 Å². The summed E-state index contributed by atoms with van der Waals surface area (Å²) in [6.07, 6.45) is 3.33. The quantitative estimate of drug-likeness (QED) is 0.477. The Bertz CT molecular complexity index is 709. The number of fused-ring (bicyclic) bond motifs is 1. The second kappa shape index (κ2) is 4.19. The molecule has 1 heterocycles. The van der Waals surface area contributed by atoms with Gasteiger partial charge in [0.1, 0.15) is 0 Å². The van der Waals surface area contributed by atoms with Crippen molar-refractivity contribution in [1.29, 1.82) is 0 Å². The largest absolute Gasteiger partial charge is 0.274 e. The summed E-state index contributed by atoms with van der Waals surface area (Å²) in [7, 11) is 0. The van der Waals surface area contributed by atoms with Crippen molar-refractivity contribution in [2.45, 2.75) is 19.3 Å². The van der Waals surface area contributed by atoms with Gasteiger partial charge in [0.2, 0.25) is 11.8 Å². The zero-order valence-electron chi connectivity index (χ0n) is 12.4. The van der Waals surface area contributed by atoms with Gasteiger partial charge in [0.25, 0.3) is 5.69 Å². The maximum atomic E-state index is 12.9. The number of anilines is 1. The summed E-state index contributed by atoms with van der Waals surface area (Å²) in [5.74, 6) is 1.57. The van der Waals surface area contributed by atoms with Crippen molar-refractivity contribution >= 4 is 23.2 Å². The van der Waals surface area contributed by atoms with E-state index >= 15 is 0 Å². The number of rotatable bonds is 2. The molecule has 4 aliphatic carbocycles. The van der Waals surface area contributed by atoms with E-state index in [0.717, 1.165) is 12.8 Å². The molecule has 0 radical (unpaired) electrons. The average Bonchev–Trinajstić information content (AvgIpc) is 3.32. The normalized spacial score (nSPS) is 40.1. The lowest BCUT2D eigenvalue weighted by Gasteiger charge is -2.42. The van der Waals surface area contributed by atoms with Crippen LogP contribution in [0.15, 0.2) is 24.3 Å². The fourth-order valence-electron chi connectivity index (χ4n) is 5.52. The van der Waals surface area contributed by atoms with Crippen molar-refractivity contribution in [2.24, 2.45) is 35.5 Å². The smallest absolute Gasteiger partial charge is 0.269 e. The Labute approximate surface area is 132 Å². The van der Waals surface area contributed by atoms with Gasteiger partial charge in [-0.1, -0.05) is 0 Å². The second-order valence-corrected chi connectivity index (χ2v) is 7.31. The van der Waals surface area contributed by atoms with Crippen molar-refractivity contribution in [3.63, 3.8) is 0 Å². The molecule has 118 valence electrons. The zero-order chi connectivity index (χ0) is 15.9. The molecular weight excluding hydrogens is 296 g/mol. The molecule has 6 heteroatoms. The highest BCUT2D eigenvalue weighted by Crippen LogP contribution is 2.68. The Hall–Kier alpha value is -2.24. The van der Waals surface area contributed by atoms with Crippen LogP contribution in [0, 0.1) is 45.6 Å². The molecule has 0 aromatic heterocycles. The van der Waals surface area contributed by atoms with Gasteiger partial charge in [0.15, 0.2) is 0 Å². The van der Waals surface area contributed by atoms with Gasteiger partial charge in [0, 0.05) is 12.1 Å². The molecule has 6 rings (SSSR count). The Morgan fingerprint density at radius 3 is 1.91 bits per heavy atom. The molecule has 4 saturated carbocycles. The second-order valence-electron chi connectivity index (χ2n) is 7.31. The van der Waals surface area contributed by atoms with E-state index in [4.69, 9.17) is 0 Å². The molecule has 6 unspecified atom stereocenters. The van der Waals surface area contributed by atoms with Gasteiger partial charge < -0.3 is 0 Å². The van der Waals surface area contributed by atoms with Gasteiger partial charge in [-0.25, -0.2) is 0 Å². The van der Waals surface area contributed by atoms with Crippen LogP contribution in [0.4, 0.5) is 11.4 Å². The first-order chi connectivity index (χ1) is 11.1. The maximum Gasteiger partial charge on any atom is 0.269 e. The monoisotopic (exact) mass is 312 g/mol. The molecule has 1 aromatic rings. The molecule has 6 nitrogen and oxygen atoms in total. The highest BCUT2D eigenvalue weighted by molar-refractivity contribution is 6.22. The van der Waals surface area contributed by atoms with E-state index in [0.29, 0.717) is 29.4 Å². The molecule has 0 spiro atoms. The van der Waals surface area contributed by atoms with Crippen LogP contribution in [-0.4, -0.2) is 16.7 Å². The molecule has 1 aromatic carbocycles. The number of imide groups is 1. The van der Waals surface area contributed by atoms with Crippen LogP contribution in [0.3, 0.4) is 0 Å². The number of amides is 2. The van der Waals surface area contributed by atoms with Gasteiger partial charge in [-0.2, -0.15) is 0 Å². The van der Waals surface area contributed by atoms with E-state index in [1.165, 1.54) is 35.6 Å². The van der Waals surface area contributed by atoms with Crippen molar-refractivity contribution in [3.8, 4) is 0 Å². The molecule has 5 aliphatic rings. The number of hydrogen-bond donors (Lipinski definition) is 0. The topological polar surface area (TPSA) is 80.5 Å². The number of benzene rings is 1. The van der Waals surface area contributed by atoms with Crippen molar-refractivity contribution in [1.82, 2.24) is 0 Å². The first kappa shape index (κ1) is 13.2. The minimum Gasteiger partial charge on any atom is -0.274 e. The summed E-state index contributed by atoms with van der Waals surface area (Å²) < 4.78 is 0. The predicted molar refractivity (Wildman–Crippen MR) is 80.4 cm³/mol. The molecule has 6 atom stereocenters. The molecule has 0 N–H and O–H groups in total. The van der Waals surface area contributed by atoms with E-state index in [1.807, 2.05) is 0 Å². The van der Waals surface area contributed by atoms with Gasteiger partial charge in [-0.3, -0.25) is 24.6 Å². The first-order valence-electron chi connectivity index (χ1n) is 8.20. The van der Waals surface area contributed by atoms with E-state index in [9.17, 15) is 19.7 Å². The van der Waals surface area contributed by atoms with Crippen molar-refractivity contribution in [2.75, 3.05) is 4.90 Å². The molecule has 23 heavy (non-hydrogen) atoms. The summed E-state index contributed by atoms with van der Waals surface area (Å²) >= 11 is 0. The van der Waals surface area contributed by atoms with Crippen LogP contribution in [-0.2, 0) is 9.59 Å². The molecular formula is C17H16N2O4. The number of hydrogen-bond acceptors (Lipinski definition) is 4. The number of nitro benzene ring substituents is 1. The number of carbonyl (C=O) groups excluding carboxylic acids is 2. The Morgan fingerprint density at radius 1 is 0.913 bits per heavy atom. The summed E-state index contributed by atoms with van der Waals surface area (Å²) in [4.78, 5) is 37.4. The molecule has 5 fully saturated rings. The van der Waals surface area contributed by atoms with Gasteiger partial charge >= 0.3 is 0 Å². The van der Waals surface area contributed by atoms with E-state index < -0.39 is 4.92 Å². The molecule has 1 aliphatic heterocycles. The fraction of sp³-hybridized carbons (Fsp3) is 0.529. The highest BCUT2D eigenvalue weighted by atomic mass is 16.6. The van der Waals surface area contributed by atoms with Crippen LogP contribution in [0.2, 0.25) is 0 Å². The number of non-ortho nitro benzene ring substituents is 1. The Morgan fingerprint density at radius 2 is 1.43 bits per heavy atom. The Balaban J connectivity index is 1.52. The summed E-state index contributed by atoms with van der Waals surface area (Å²) in [5.41, 5.74) is 0.430. The van der Waals surface area contributed by atoms with Gasteiger partial charge in [-0.15, -0.1) is 0 Å². The number of nitrogens with zero attached hydrogens (tertiary/aromatic N) is 2. The van der Waals surface area contributed by atoms with E-state index in [1.54, 1.807) is 0 Å². The summed E-state index contributed by atoms with van der Waals surface area (Å²) in [6, 6.07) is 5.72. The third-order valence-corrected chi connectivity index (χ3v) is 6.46. The van der Waals surface area contributed by atoms with Gasteiger partial charge in [0.05, 0.1) is 22.4 Å². The van der Waals surface area contributed by atoms with Crippen molar-refractivity contribution in [3.05, 3.63) is 34.4 Å². The van der Waals surface area contributed by atoms with Gasteiger partial charge in [-0.05, 0) is 55.1 Å². The fourth-order valence-corrected chi connectivity index (χ4v) is 5.52. The Kier molecular flexibility index (Phi) is 2.41. The van der Waals surface area contributed by atoms with Crippen LogP contribution in [0.5, 0.6) is 0 Å². The SMILES string of the molecule is O=C1C2C3CCC(C4CC43)C2C(=O)N1c1ccc([N+](=O)[O-])cc1. The first-order valence-corrected chi connectivity index (χ1v) is 8.20. The van der Waals surface area contributed by atoms with Crippen LogP contribution in [0.1, 0.15) is 19.3 Å². The molecule has 1 saturated heterocycles. The molecule has 2 bridgehead atoms. The van der Waals surface area contributed by atoms with Crippen molar-refractivity contribution < 1.29 is 14.5 Å². The maximum absolute atomic E-state index is 12.9. The summed E-state index contributed by atoms with van der Waals surface area (Å²) in [6.45, 7) is 0. The lowest BCUT2D eigenvalue weighted by atomic mass is 9.59. The average molecular weight is 312 g/mol. The van der Waals surface area contributed by atoms with Crippen LogP contribution < -0.4 is 4.90 Å². The molecule has 2 amide bonds. The summed E-state index contributed by atoms with van der Waals surface area (Å²) in [5, 5.41) is 10.8. The zero-order valence-corrected chi connectivity index (χ0v) is 12.4. The van der Waals surface area contributed by atoms with Crippen LogP contribution >= 0.6 is 0 Å². The minimum atomic E-state index is -0.481. The highest BCUT2D eigenvalue weighted by Gasteiger charge is 2.68. The predicted octanol–water partition coefficient (Wildman–Crippen LogP) is 2.38. The third-order valence-electron chi connectivity index (χ3n) is 6.46. The lowest BCUT2D eigenvalue weighted by molar-refractivity contribution is -0.384. The lowest BCUT2D eigenvalue weighted by Crippen LogP contribution is -2.43. The number of nitro groups is 1.